The quantitative estimate of drug-likeness (QED) is 0.0825. The Hall–Kier alpha value is -2.65. The molecule has 1 N–H and O–H groups in total. The van der Waals surface area contributed by atoms with Crippen molar-refractivity contribution in [2.24, 2.45) is 5.10 Å². The molecule has 8 nitrogen and oxygen atoms in total. The van der Waals surface area contributed by atoms with Crippen molar-refractivity contribution in [3.05, 3.63) is 99.9 Å². The first kappa shape index (κ1) is 23.5. The summed E-state index contributed by atoms with van der Waals surface area (Å²) in [5.41, 5.74) is 2.69. The van der Waals surface area contributed by atoms with E-state index in [1.165, 1.54) is 12.1 Å². The van der Waals surface area contributed by atoms with Crippen LogP contribution in [0.5, 0.6) is 5.75 Å². The van der Waals surface area contributed by atoms with E-state index in [1.54, 1.807) is 23.0 Å². The average Bonchev–Trinajstić information content (AvgIpc) is 3.18. The Morgan fingerprint density at radius 3 is 2.42 bits per heavy atom. The van der Waals surface area contributed by atoms with Crippen LogP contribution < -0.4 is 4.74 Å². The van der Waals surface area contributed by atoms with E-state index in [-0.39, 0.29) is 5.69 Å². The molecule has 0 bridgehead atoms. The van der Waals surface area contributed by atoms with Crippen LogP contribution in [0.2, 0.25) is 0 Å². The number of nitrogens with one attached hydrogen (secondary N) is 1. The number of aromatic amines is 1. The van der Waals surface area contributed by atoms with E-state index < -0.39 is 4.92 Å². The Labute approximate surface area is 221 Å². The van der Waals surface area contributed by atoms with Gasteiger partial charge in [0.25, 0.3) is 5.69 Å². The van der Waals surface area contributed by atoms with E-state index in [2.05, 4.69) is 60.5 Å². The Balaban J connectivity index is 1.52. The fraction of sp³-hybridized carbons (Fsp3) is 0.0455. The number of hydrogen-bond acceptors (Lipinski definition) is 6. The maximum atomic E-state index is 10.8. The van der Waals surface area contributed by atoms with Crippen LogP contribution in [0.1, 0.15) is 11.1 Å². The molecule has 0 unspecified atom stereocenters. The number of aromatic nitrogens is 3. The molecule has 0 amide bonds. The van der Waals surface area contributed by atoms with Gasteiger partial charge in [-0.25, -0.2) is 5.10 Å². The molecule has 0 aliphatic carbocycles. The number of hydrogen-bond donors (Lipinski definition) is 1. The minimum Gasteiger partial charge on any atom is -0.487 e. The molecular weight excluding hydrogens is 668 g/mol. The summed E-state index contributed by atoms with van der Waals surface area (Å²) >= 11 is 9.77. The minimum atomic E-state index is -0.420. The lowest BCUT2D eigenvalue weighted by Gasteiger charge is -2.11. The van der Waals surface area contributed by atoms with E-state index in [0.29, 0.717) is 17.2 Å². The highest BCUT2D eigenvalue weighted by molar-refractivity contribution is 14.1. The van der Waals surface area contributed by atoms with Crippen LogP contribution in [0.25, 0.3) is 11.4 Å². The highest BCUT2D eigenvalue weighted by atomic mass is 127. The molecule has 0 aliphatic rings. The van der Waals surface area contributed by atoms with Gasteiger partial charge in [0.15, 0.2) is 5.82 Å². The highest BCUT2D eigenvalue weighted by Crippen LogP contribution is 2.29. The SMILES string of the molecule is O=[N+]([O-])c1ccc(COc2c(I)cc(/C=N\n3c(-c4ccccc4)n[nH]c3=S)cc2I)cc1. The van der Waals surface area contributed by atoms with Crippen molar-refractivity contribution in [1.82, 2.24) is 14.9 Å². The van der Waals surface area contributed by atoms with Gasteiger partial charge in [-0.05, 0) is 92.8 Å². The zero-order valence-corrected chi connectivity index (χ0v) is 21.9. The molecule has 0 fully saturated rings. The van der Waals surface area contributed by atoms with Crippen LogP contribution in [0.4, 0.5) is 5.69 Å². The standard InChI is InChI=1S/C22H15I2N5O3S/c23-18-10-15(12-25-28-21(26-27-22(28)33)16-4-2-1-3-5-16)11-19(24)20(18)32-13-14-6-8-17(9-7-14)29(30)31/h1-12H,13H2,(H,27,33)/b25-12-. The number of rotatable bonds is 7. The maximum Gasteiger partial charge on any atom is 0.269 e. The Morgan fingerprint density at radius 1 is 1.12 bits per heavy atom. The van der Waals surface area contributed by atoms with E-state index in [9.17, 15) is 10.1 Å². The molecule has 0 spiro atoms. The van der Waals surface area contributed by atoms with Crippen LogP contribution >= 0.6 is 57.4 Å². The van der Waals surface area contributed by atoms with Crippen molar-refractivity contribution in [2.75, 3.05) is 0 Å². The van der Waals surface area contributed by atoms with Gasteiger partial charge in [-0.3, -0.25) is 10.1 Å². The Kier molecular flexibility index (Phi) is 7.49. The fourth-order valence-electron chi connectivity index (χ4n) is 2.96. The lowest BCUT2D eigenvalue weighted by Crippen LogP contribution is -2.01. The van der Waals surface area contributed by atoms with Gasteiger partial charge in [-0.15, -0.1) is 0 Å². The van der Waals surface area contributed by atoms with Gasteiger partial charge in [0.2, 0.25) is 4.77 Å². The lowest BCUT2D eigenvalue weighted by atomic mass is 10.2. The average molecular weight is 683 g/mol. The fourth-order valence-corrected chi connectivity index (χ4v) is 5.27. The number of H-pyrrole nitrogens is 1. The largest absolute Gasteiger partial charge is 0.487 e. The summed E-state index contributed by atoms with van der Waals surface area (Å²) in [6.07, 6.45) is 1.72. The zero-order valence-electron chi connectivity index (χ0n) is 16.8. The minimum absolute atomic E-state index is 0.0553. The number of ether oxygens (including phenoxy) is 1. The summed E-state index contributed by atoms with van der Waals surface area (Å²) in [5.74, 6) is 1.38. The molecule has 166 valence electrons. The van der Waals surface area contributed by atoms with Gasteiger partial charge in [0, 0.05) is 17.7 Å². The van der Waals surface area contributed by atoms with E-state index in [4.69, 9.17) is 17.0 Å². The van der Waals surface area contributed by atoms with E-state index in [1.807, 2.05) is 42.5 Å². The molecule has 1 aromatic heterocycles. The third kappa shape index (κ3) is 5.65. The van der Waals surface area contributed by atoms with Gasteiger partial charge < -0.3 is 4.74 Å². The molecule has 0 radical (unpaired) electrons. The first-order valence-electron chi connectivity index (χ1n) is 9.55. The summed E-state index contributed by atoms with van der Waals surface area (Å²) in [6.45, 7) is 0.308. The van der Waals surface area contributed by atoms with E-state index in [0.717, 1.165) is 29.6 Å². The van der Waals surface area contributed by atoms with Gasteiger partial charge >= 0.3 is 0 Å². The highest BCUT2D eigenvalue weighted by Gasteiger charge is 2.11. The molecule has 4 aromatic rings. The molecule has 4 rings (SSSR count). The smallest absolute Gasteiger partial charge is 0.269 e. The van der Waals surface area contributed by atoms with Crippen molar-refractivity contribution >= 4 is 69.3 Å². The van der Waals surface area contributed by atoms with Crippen LogP contribution in [0.3, 0.4) is 0 Å². The molecule has 0 atom stereocenters. The Morgan fingerprint density at radius 2 is 1.79 bits per heavy atom. The number of non-ortho nitro benzene ring substituents is 1. The molecule has 0 saturated heterocycles. The molecule has 11 heteroatoms. The molecule has 0 aliphatic heterocycles. The monoisotopic (exact) mass is 683 g/mol. The summed E-state index contributed by atoms with van der Waals surface area (Å²) in [7, 11) is 0. The first-order valence-corrected chi connectivity index (χ1v) is 12.1. The van der Waals surface area contributed by atoms with Crippen molar-refractivity contribution in [3.63, 3.8) is 0 Å². The molecule has 0 saturated carbocycles. The Bertz CT molecular complexity index is 1360. The third-order valence-electron chi connectivity index (χ3n) is 4.56. The second-order valence-corrected chi connectivity index (χ2v) is 9.51. The number of nitrogens with zero attached hydrogens (tertiary/aromatic N) is 4. The summed E-state index contributed by atoms with van der Waals surface area (Å²) in [4.78, 5) is 10.4. The number of halogens is 2. The van der Waals surface area contributed by atoms with Crippen LogP contribution in [-0.2, 0) is 6.61 Å². The topological polar surface area (TPSA) is 98.3 Å². The molecule has 1 heterocycles. The summed E-state index contributed by atoms with van der Waals surface area (Å²) in [6, 6.07) is 19.9. The molecule has 3 aromatic carbocycles. The van der Waals surface area contributed by atoms with Crippen LogP contribution in [-0.4, -0.2) is 26.0 Å². The normalized spacial score (nSPS) is 11.1. The van der Waals surface area contributed by atoms with Crippen molar-refractivity contribution in [3.8, 4) is 17.1 Å². The lowest BCUT2D eigenvalue weighted by molar-refractivity contribution is -0.384. The summed E-state index contributed by atoms with van der Waals surface area (Å²) in [5, 5.41) is 22.4. The predicted molar refractivity (Wildman–Crippen MR) is 145 cm³/mol. The van der Waals surface area contributed by atoms with Gasteiger partial charge in [0.1, 0.15) is 12.4 Å². The van der Waals surface area contributed by atoms with Crippen molar-refractivity contribution in [2.45, 2.75) is 6.61 Å². The predicted octanol–water partition coefficient (Wildman–Crippen LogP) is 6.19. The maximum absolute atomic E-state index is 10.8. The summed E-state index contributed by atoms with van der Waals surface area (Å²) < 4.78 is 9.81. The second kappa shape index (κ2) is 10.5. The van der Waals surface area contributed by atoms with Gasteiger partial charge in [0.05, 0.1) is 18.3 Å². The van der Waals surface area contributed by atoms with Gasteiger partial charge in [-0.2, -0.15) is 14.9 Å². The first-order chi connectivity index (χ1) is 15.9. The van der Waals surface area contributed by atoms with Crippen molar-refractivity contribution < 1.29 is 9.66 Å². The second-order valence-electron chi connectivity index (χ2n) is 6.80. The molecular formula is C22H15I2N5O3S. The zero-order chi connectivity index (χ0) is 23.4. The van der Waals surface area contributed by atoms with Gasteiger partial charge in [-0.1, -0.05) is 30.3 Å². The third-order valence-corrected chi connectivity index (χ3v) is 6.42. The van der Waals surface area contributed by atoms with Crippen molar-refractivity contribution in [1.29, 1.82) is 0 Å². The number of nitro benzene ring substituents is 1. The van der Waals surface area contributed by atoms with E-state index >= 15 is 0 Å². The molecule has 33 heavy (non-hydrogen) atoms. The van der Waals surface area contributed by atoms with Crippen LogP contribution in [0.15, 0.2) is 71.8 Å². The van der Waals surface area contributed by atoms with Crippen LogP contribution in [0, 0.1) is 22.0 Å². The number of benzene rings is 3. The number of nitro groups is 1.